The van der Waals surface area contributed by atoms with Gasteiger partial charge in [-0.1, -0.05) is 177 Å². The fraction of sp³-hybridized carbons (Fsp3) is 0.706. The van der Waals surface area contributed by atoms with E-state index in [-0.39, 0.29) is 31.1 Å². The van der Waals surface area contributed by atoms with Gasteiger partial charge in [0.25, 0.3) is 0 Å². The number of hydrogen-bond acceptors (Lipinski definition) is 6. The summed E-state index contributed by atoms with van der Waals surface area (Å²) in [5, 5.41) is 0. The largest absolute Gasteiger partial charge is 0.462 e. The third-order valence-electron chi connectivity index (χ3n) is 9.70. The molecule has 1 atom stereocenters. The first kappa shape index (κ1) is 53.9. The van der Waals surface area contributed by atoms with Gasteiger partial charge in [0.1, 0.15) is 13.2 Å². The van der Waals surface area contributed by atoms with Crippen LogP contribution < -0.4 is 0 Å². The minimum atomic E-state index is -0.785. The Morgan fingerprint density at radius 3 is 1.11 bits per heavy atom. The van der Waals surface area contributed by atoms with Crippen LogP contribution in [0.5, 0.6) is 0 Å². The van der Waals surface area contributed by atoms with Gasteiger partial charge >= 0.3 is 17.9 Å². The van der Waals surface area contributed by atoms with E-state index in [0.29, 0.717) is 19.3 Å². The van der Waals surface area contributed by atoms with E-state index in [1.807, 2.05) is 0 Å². The third-order valence-corrected chi connectivity index (χ3v) is 9.70. The van der Waals surface area contributed by atoms with Crippen molar-refractivity contribution in [3.05, 3.63) is 72.9 Å². The molecule has 0 aliphatic rings. The summed E-state index contributed by atoms with van der Waals surface area (Å²) in [5.74, 6) is -0.938. The van der Waals surface area contributed by atoms with E-state index in [0.717, 1.165) is 116 Å². The molecule has 0 bridgehead atoms. The van der Waals surface area contributed by atoms with E-state index >= 15 is 0 Å². The SMILES string of the molecule is CC/C=C\C/C=C\C/C=C\C/C=C\CCCCCCC(=O)OCC(COC(=O)CCCCCCC)OC(=O)CCCCCCCCC/C=C\C/C=C\CCCCC. The Morgan fingerprint density at radius 1 is 0.368 bits per heavy atom. The number of allylic oxidation sites excluding steroid dienone is 12. The van der Waals surface area contributed by atoms with Crippen molar-refractivity contribution >= 4 is 17.9 Å². The highest BCUT2D eigenvalue weighted by atomic mass is 16.6. The number of unbranched alkanes of at least 4 members (excludes halogenated alkanes) is 18. The maximum absolute atomic E-state index is 12.7. The van der Waals surface area contributed by atoms with E-state index in [1.54, 1.807) is 0 Å². The van der Waals surface area contributed by atoms with Gasteiger partial charge in [0, 0.05) is 19.3 Å². The summed E-state index contributed by atoms with van der Waals surface area (Å²) in [6, 6.07) is 0. The molecule has 326 valence electrons. The Kier molecular flexibility index (Phi) is 43.0. The van der Waals surface area contributed by atoms with Crippen LogP contribution in [0.3, 0.4) is 0 Å². The van der Waals surface area contributed by atoms with E-state index in [4.69, 9.17) is 14.2 Å². The predicted octanol–water partition coefficient (Wildman–Crippen LogP) is 15.1. The number of carbonyl (C=O) groups excluding carboxylic acids is 3. The minimum absolute atomic E-state index is 0.0882. The summed E-state index contributed by atoms with van der Waals surface area (Å²) in [5.41, 5.74) is 0. The second-order valence-electron chi connectivity index (χ2n) is 15.3. The van der Waals surface area contributed by atoms with Crippen molar-refractivity contribution in [2.24, 2.45) is 0 Å². The fourth-order valence-electron chi connectivity index (χ4n) is 6.17. The molecule has 0 aromatic rings. The summed E-state index contributed by atoms with van der Waals surface area (Å²) in [7, 11) is 0. The van der Waals surface area contributed by atoms with Crippen molar-refractivity contribution < 1.29 is 28.6 Å². The maximum atomic E-state index is 12.7. The molecule has 0 aliphatic carbocycles. The van der Waals surface area contributed by atoms with Crippen molar-refractivity contribution in [2.75, 3.05) is 13.2 Å². The van der Waals surface area contributed by atoms with E-state index in [2.05, 4.69) is 93.7 Å². The van der Waals surface area contributed by atoms with Crippen LogP contribution in [0.15, 0.2) is 72.9 Å². The number of ether oxygens (including phenoxy) is 3. The summed E-state index contributed by atoms with van der Waals surface area (Å²) in [6.45, 7) is 6.37. The Labute approximate surface area is 351 Å². The van der Waals surface area contributed by atoms with Crippen LogP contribution in [0.4, 0.5) is 0 Å². The molecule has 0 aromatic heterocycles. The summed E-state index contributed by atoms with van der Waals surface area (Å²) >= 11 is 0. The molecular formula is C51H86O6. The number of carbonyl (C=O) groups is 3. The minimum Gasteiger partial charge on any atom is -0.462 e. The standard InChI is InChI=1S/C51H86O6/c1-4-7-10-13-15-17-19-21-23-25-27-29-31-33-35-38-41-44-50(53)56-47-48(46-55-49(52)43-40-37-12-9-6-3)57-51(54)45-42-39-36-34-32-30-28-26-24-22-20-18-16-14-11-8-5-2/h7,10,15-18,21-24,27,29,48H,4-6,8-9,11-14,19-20,25-26,28,30-47H2,1-3H3/b10-7-,17-15-,18-16-,23-21-,24-22-,29-27-. The van der Waals surface area contributed by atoms with Gasteiger partial charge in [-0.05, 0) is 89.9 Å². The molecule has 0 rings (SSSR count). The van der Waals surface area contributed by atoms with Crippen molar-refractivity contribution in [3.63, 3.8) is 0 Å². The second kappa shape index (κ2) is 45.6. The molecule has 0 saturated heterocycles. The van der Waals surface area contributed by atoms with Crippen LogP contribution in [0.2, 0.25) is 0 Å². The van der Waals surface area contributed by atoms with Crippen LogP contribution in [-0.2, 0) is 28.6 Å². The third kappa shape index (κ3) is 43.8. The molecule has 0 aliphatic heterocycles. The molecule has 1 unspecified atom stereocenters. The highest BCUT2D eigenvalue weighted by Gasteiger charge is 2.19. The average Bonchev–Trinajstić information content (AvgIpc) is 3.21. The zero-order chi connectivity index (χ0) is 41.5. The van der Waals surface area contributed by atoms with E-state index in [9.17, 15) is 14.4 Å². The van der Waals surface area contributed by atoms with Gasteiger partial charge in [-0.15, -0.1) is 0 Å². The average molecular weight is 795 g/mol. The number of rotatable bonds is 41. The van der Waals surface area contributed by atoms with Crippen molar-refractivity contribution in [3.8, 4) is 0 Å². The highest BCUT2D eigenvalue weighted by Crippen LogP contribution is 2.13. The highest BCUT2D eigenvalue weighted by molar-refractivity contribution is 5.71. The quantitative estimate of drug-likeness (QED) is 0.0265. The van der Waals surface area contributed by atoms with Gasteiger partial charge in [0.2, 0.25) is 0 Å². The van der Waals surface area contributed by atoms with Gasteiger partial charge in [-0.25, -0.2) is 0 Å². The lowest BCUT2D eigenvalue weighted by atomic mass is 10.1. The molecule has 0 fully saturated rings. The predicted molar refractivity (Wildman–Crippen MR) is 242 cm³/mol. The zero-order valence-corrected chi connectivity index (χ0v) is 37.1. The monoisotopic (exact) mass is 795 g/mol. The van der Waals surface area contributed by atoms with E-state index in [1.165, 1.54) is 57.8 Å². The normalized spacial score (nSPS) is 12.7. The summed E-state index contributed by atoms with van der Waals surface area (Å²) < 4.78 is 16.6. The van der Waals surface area contributed by atoms with Gasteiger partial charge in [-0.2, -0.15) is 0 Å². The van der Waals surface area contributed by atoms with Crippen LogP contribution in [0.25, 0.3) is 0 Å². The Morgan fingerprint density at radius 2 is 0.684 bits per heavy atom. The lowest BCUT2D eigenvalue weighted by Gasteiger charge is -2.18. The van der Waals surface area contributed by atoms with Gasteiger partial charge < -0.3 is 14.2 Å². The molecule has 0 heterocycles. The van der Waals surface area contributed by atoms with E-state index < -0.39 is 6.10 Å². The molecule has 0 N–H and O–H groups in total. The lowest BCUT2D eigenvalue weighted by Crippen LogP contribution is -2.30. The van der Waals surface area contributed by atoms with Crippen molar-refractivity contribution in [1.29, 1.82) is 0 Å². The molecule has 57 heavy (non-hydrogen) atoms. The Bertz CT molecular complexity index is 1100. The van der Waals surface area contributed by atoms with Crippen LogP contribution >= 0.6 is 0 Å². The Hall–Kier alpha value is -3.15. The zero-order valence-electron chi connectivity index (χ0n) is 37.1. The van der Waals surface area contributed by atoms with Crippen LogP contribution in [0.1, 0.15) is 213 Å². The first-order valence-electron chi connectivity index (χ1n) is 23.4. The molecular weight excluding hydrogens is 709 g/mol. The molecule has 0 spiro atoms. The number of esters is 3. The van der Waals surface area contributed by atoms with Crippen LogP contribution in [0, 0.1) is 0 Å². The molecule has 0 radical (unpaired) electrons. The topological polar surface area (TPSA) is 78.9 Å². The Balaban J connectivity index is 4.28. The van der Waals surface area contributed by atoms with Gasteiger partial charge in [0.05, 0.1) is 0 Å². The van der Waals surface area contributed by atoms with Crippen molar-refractivity contribution in [1.82, 2.24) is 0 Å². The molecule has 6 heteroatoms. The molecule has 0 saturated carbocycles. The van der Waals surface area contributed by atoms with Crippen molar-refractivity contribution in [2.45, 2.75) is 219 Å². The van der Waals surface area contributed by atoms with Crippen LogP contribution in [-0.4, -0.2) is 37.2 Å². The van der Waals surface area contributed by atoms with Gasteiger partial charge in [-0.3, -0.25) is 14.4 Å². The molecule has 6 nitrogen and oxygen atoms in total. The maximum Gasteiger partial charge on any atom is 0.306 e. The smallest absolute Gasteiger partial charge is 0.306 e. The summed E-state index contributed by atoms with van der Waals surface area (Å²) in [6.07, 6.45) is 56.3. The second-order valence-corrected chi connectivity index (χ2v) is 15.3. The number of hydrogen-bond donors (Lipinski definition) is 0. The lowest BCUT2D eigenvalue weighted by molar-refractivity contribution is -0.167. The fourth-order valence-corrected chi connectivity index (χ4v) is 6.17. The summed E-state index contributed by atoms with van der Waals surface area (Å²) in [4.78, 5) is 37.5. The molecule has 0 amide bonds. The van der Waals surface area contributed by atoms with Gasteiger partial charge in [0.15, 0.2) is 6.10 Å². The first-order valence-corrected chi connectivity index (χ1v) is 23.4. The first-order chi connectivity index (χ1) is 28.0. The molecule has 0 aromatic carbocycles.